The molecule has 0 aliphatic heterocycles. The molecule has 0 aromatic rings. The van der Waals surface area contributed by atoms with E-state index in [0.29, 0.717) is 25.0 Å². The highest BCUT2D eigenvalue weighted by Gasteiger charge is 2.59. The van der Waals surface area contributed by atoms with Gasteiger partial charge >= 0.3 is 0 Å². The maximum atomic E-state index is 11.6. The molecule has 0 spiro atoms. The van der Waals surface area contributed by atoms with Crippen LogP contribution >= 0.6 is 0 Å². The number of rotatable bonds is 0. The third-order valence-electron chi connectivity index (χ3n) is 3.99. The SMILES string of the molecule is C[C@@]12CCC(=O)[C@]1(C)CC(=O)C2. The standard InChI is InChI=1S/C10H14O2/c1-9-4-3-8(12)10(9,2)6-7(11)5-9/h3-6H2,1-2H3/t9-,10-/m0/s1. The van der Waals surface area contributed by atoms with Crippen LogP contribution in [0.5, 0.6) is 0 Å². The Morgan fingerprint density at radius 1 is 1.17 bits per heavy atom. The van der Waals surface area contributed by atoms with E-state index < -0.39 is 0 Å². The van der Waals surface area contributed by atoms with Gasteiger partial charge in [-0.05, 0) is 11.8 Å². The van der Waals surface area contributed by atoms with Gasteiger partial charge in [-0.25, -0.2) is 0 Å². The zero-order chi connectivity index (χ0) is 8.98. The van der Waals surface area contributed by atoms with Crippen LogP contribution in [0.4, 0.5) is 0 Å². The Hall–Kier alpha value is -0.660. The maximum absolute atomic E-state index is 11.6. The molecule has 2 atom stereocenters. The van der Waals surface area contributed by atoms with Crippen molar-refractivity contribution in [3.05, 3.63) is 0 Å². The van der Waals surface area contributed by atoms with Crippen molar-refractivity contribution in [3.63, 3.8) is 0 Å². The molecule has 0 heterocycles. The molecule has 66 valence electrons. The Bertz CT molecular complexity index is 269. The second-order valence-corrected chi connectivity index (χ2v) is 4.71. The van der Waals surface area contributed by atoms with Crippen LogP contribution < -0.4 is 0 Å². The molecule has 2 nitrogen and oxygen atoms in total. The highest BCUT2D eigenvalue weighted by molar-refractivity contribution is 5.97. The van der Waals surface area contributed by atoms with E-state index in [-0.39, 0.29) is 16.6 Å². The first-order chi connectivity index (χ1) is 5.48. The molecule has 2 aliphatic carbocycles. The van der Waals surface area contributed by atoms with Crippen molar-refractivity contribution < 1.29 is 9.59 Å². The van der Waals surface area contributed by atoms with E-state index in [2.05, 4.69) is 6.92 Å². The molecule has 2 aliphatic rings. The molecule has 0 aromatic carbocycles. The minimum Gasteiger partial charge on any atom is -0.300 e. The molecule has 2 rings (SSSR count). The Kier molecular flexibility index (Phi) is 1.31. The number of Topliss-reactive ketones (excluding diaryl/α,β-unsaturated/α-hetero) is 2. The first-order valence-electron chi connectivity index (χ1n) is 4.53. The molecule has 0 amide bonds. The molecule has 12 heavy (non-hydrogen) atoms. The molecule has 0 saturated heterocycles. The van der Waals surface area contributed by atoms with E-state index >= 15 is 0 Å². The van der Waals surface area contributed by atoms with Gasteiger partial charge in [-0.2, -0.15) is 0 Å². The van der Waals surface area contributed by atoms with Crippen LogP contribution in [0.3, 0.4) is 0 Å². The van der Waals surface area contributed by atoms with E-state index in [1.807, 2.05) is 6.92 Å². The maximum Gasteiger partial charge on any atom is 0.139 e. The van der Waals surface area contributed by atoms with Crippen molar-refractivity contribution in [2.75, 3.05) is 0 Å². The molecule has 2 heteroatoms. The molecule has 2 saturated carbocycles. The van der Waals surface area contributed by atoms with Crippen LogP contribution in [0.25, 0.3) is 0 Å². The fraction of sp³-hybridized carbons (Fsp3) is 0.800. The van der Waals surface area contributed by atoms with Gasteiger partial charge in [0.05, 0.1) is 0 Å². The van der Waals surface area contributed by atoms with Gasteiger partial charge in [-0.1, -0.05) is 13.8 Å². The predicted octanol–water partition coefficient (Wildman–Crippen LogP) is 1.72. The zero-order valence-corrected chi connectivity index (χ0v) is 7.64. The molecule has 0 N–H and O–H groups in total. The van der Waals surface area contributed by atoms with Crippen molar-refractivity contribution in [1.29, 1.82) is 0 Å². The topological polar surface area (TPSA) is 34.1 Å². The van der Waals surface area contributed by atoms with Crippen molar-refractivity contribution >= 4 is 11.6 Å². The van der Waals surface area contributed by atoms with Gasteiger partial charge in [0, 0.05) is 24.7 Å². The van der Waals surface area contributed by atoms with Crippen molar-refractivity contribution in [3.8, 4) is 0 Å². The van der Waals surface area contributed by atoms with E-state index in [1.54, 1.807) is 0 Å². The average molecular weight is 166 g/mol. The molecule has 0 bridgehead atoms. The Labute approximate surface area is 72.3 Å². The lowest BCUT2D eigenvalue weighted by atomic mass is 9.70. The molecule has 0 aromatic heterocycles. The summed E-state index contributed by atoms with van der Waals surface area (Å²) in [6.45, 7) is 4.05. The van der Waals surface area contributed by atoms with E-state index in [1.165, 1.54) is 0 Å². The van der Waals surface area contributed by atoms with Gasteiger partial charge in [-0.3, -0.25) is 9.59 Å². The number of fused-ring (bicyclic) bond motifs is 1. The highest BCUT2D eigenvalue weighted by Crippen LogP contribution is 2.59. The summed E-state index contributed by atoms with van der Waals surface area (Å²) in [5.74, 6) is 0.573. The Morgan fingerprint density at radius 2 is 1.83 bits per heavy atom. The first-order valence-corrected chi connectivity index (χ1v) is 4.53. The molecular weight excluding hydrogens is 152 g/mol. The monoisotopic (exact) mass is 166 g/mol. The number of hydrogen-bond acceptors (Lipinski definition) is 2. The number of carbonyl (C=O) groups is 2. The summed E-state index contributed by atoms with van der Waals surface area (Å²) in [5.41, 5.74) is -0.328. The summed E-state index contributed by atoms with van der Waals surface area (Å²) in [6.07, 6.45) is 2.70. The first kappa shape index (κ1) is 7.96. The van der Waals surface area contributed by atoms with Crippen molar-refractivity contribution in [2.45, 2.75) is 39.5 Å². The fourth-order valence-corrected chi connectivity index (χ4v) is 2.77. The van der Waals surface area contributed by atoms with Gasteiger partial charge in [-0.15, -0.1) is 0 Å². The van der Waals surface area contributed by atoms with Crippen LogP contribution in [0.1, 0.15) is 39.5 Å². The number of hydrogen-bond donors (Lipinski definition) is 0. The minimum atomic E-state index is -0.315. The third kappa shape index (κ3) is 0.706. The van der Waals surface area contributed by atoms with Gasteiger partial charge in [0.2, 0.25) is 0 Å². The predicted molar refractivity (Wildman–Crippen MR) is 44.7 cm³/mol. The lowest BCUT2D eigenvalue weighted by Crippen LogP contribution is -2.31. The second-order valence-electron chi connectivity index (χ2n) is 4.71. The molecule has 2 fully saturated rings. The Balaban J connectivity index is 2.45. The molecule has 0 unspecified atom stereocenters. The van der Waals surface area contributed by atoms with Crippen LogP contribution in [-0.2, 0) is 9.59 Å². The summed E-state index contributed by atoms with van der Waals surface area (Å²) < 4.78 is 0. The minimum absolute atomic E-state index is 0.0127. The summed E-state index contributed by atoms with van der Waals surface area (Å²) in [4.78, 5) is 22.8. The summed E-state index contributed by atoms with van der Waals surface area (Å²) >= 11 is 0. The second kappa shape index (κ2) is 1.98. The quantitative estimate of drug-likeness (QED) is 0.549. The molecular formula is C10H14O2. The summed E-state index contributed by atoms with van der Waals surface area (Å²) in [7, 11) is 0. The van der Waals surface area contributed by atoms with Gasteiger partial charge in [0.1, 0.15) is 11.6 Å². The summed E-state index contributed by atoms with van der Waals surface area (Å²) in [5, 5.41) is 0. The van der Waals surface area contributed by atoms with E-state index in [0.717, 1.165) is 6.42 Å². The van der Waals surface area contributed by atoms with E-state index in [4.69, 9.17) is 0 Å². The fourth-order valence-electron chi connectivity index (χ4n) is 2.77. The third-order valence-corrected chi connectivity index (χ3v) is 3.99. The number of carbonyl (C=O) groups excluding carboxylic acids is 2. The van der Waals surface area contributed by atoms with Gasteiger partial charge < -0.3 is 0 Å². The van der Waals surface area contributed by atoms with Crippen LogP contribution in [0.2, 0.25) is 0 Å². The smallest absolute Gasteiger partial charge is 0.139 e. The van der Waals surface area contributed by atoms with Crippen molar-refractivity contribution in [2.24, 2.45) is 10.8 Å². The van der Waals surface area contributed by atoms with Crippen LogP contribution in [0, 0.1) is 10.8 Å². The van der Waals surface area contributed by atoms with Gasteiger partial charge in [0.15, 0.2) is 0 Å². The highest BCUT2D eigenvalue weighted by atomic mass is 16.1. The lowest BCUT2D eigenvalue weighted by molar-refractivity contribution is -0.128. The largest absolute Gasteiger partial charge is 0.300 e. The van der Waals surface area contributed by atoms with Crippen molar-refractivity contribution in [1.82, 2.24) is 0 Å². The van der Waals surface area contributed by atoms with Gasteiger partial charge in [0.25, 0.3) is 0 Å². The van der Waals surface area contributed by atoms with E-state index in [9.17, 15) is 9.59 Å². The molecule has 0 radical (unpaired) electrons. The van der Waals surface area contributed by atoms with Crippen LogP contribution in [0.15, 0.2) is 0 Å². The Morgan fingerprint density at radius 3 is 2.42 bits per heavy atom. The normalized spacial score (nSPS) is 46.8. The summed E-state index contributed by atoms with van der Waals surface area (Å²) in [6, 6.07) is 0. The van der Waals surface area contributed by atoms with Crippen LogP contribution in [-0.4, -0.2) is 11.6 Å². The average Bonchev–Trinajstić information content (AvgIpc) is 2.28. The zero-order valence-electron chi connectivity index (χ0n) is 7.64. The lowest BCUT2D eigenvalue weighted by Gasteiger charge is -2.31. The number of ketones is 2.